The number of para-hydroxylation sites is 2. The molecule has 33 heavy (non-hydrogen) atoms. The van der Waals surface area contributed by atoms with Gasteiger partial charge in [-0.1, -0.05) is 30.3 Å². The maximum atomic E-state index is 12.8. The first-order valence-corrected chi connectivity index (χ1v) is 10.1. The van der Waals surface area contributed by atoms with Crippen molar-refractivity contribution in [3.63, 3.8) is 0 Å². The molecule has 164 valence electrons. The second-order valence-corrected chi connectivity index (χ2v) is 7.22. The van der Waals surface area contributed by atoms with E-state index in [0.717, 1.165) is 5.39 Å². The number of ketones is 1. The third-order valence-electron chi connectivity index (χ3n) is 5.20. The minimum atomic E-state index is -0.646. The normalized spacial score (nSPS) is 13.6. The van der Waals surface area contributed by atoms with Crippen LogP contribution in [0.5, 0.6) is 23.0 Å². The predicted molar refractivity (Wildman–Crippen MR) is 120 cm³/mol. The minimum Gasteiger partial charge on any atom is -0.493 e. The number of methoxy groups -OCH3 is 2. The zero-order valence-electron chi connectivity index (χ0n) is 17.8. The van der Waals surface area contributed by atoms with E-state index in [1.165, 1.54) is 26.4 Å². The second kappa shape index (κ2) is 8.20. The SMILES string of the molecule is COc1cccc(/C=C2\Oc3cc(OC(=O)c4cc5ccccc5o4)ccc3C2=O)c1OC. The van der Waals surface area contributed by atoms with Crippen LogP contribution in [0.25, 0.3) is 17.0 Å². The highest BCUT2D eigenvalue weighted by atomic mass is 16.5. The summed E-state index contributed by atoms with van der Waals surface area (Å²) in [5.74, 6) is 0.819. The average Bonchev–Trinajstić information content (AvgIpc) is 3.40. The molecule has 0 fully saturated rings. The quantitative estimate of drug-likeness (QED) is 0.236. The molecule has 5 rings (SSSR count). The van der Waals surface area contributed by atoms with E-state index >= 15 is 0 Å². The van der Waals surface area contributed by atoms with Gasteiger partial charge in [-0.3, -0.25) is 4.79 Å². The Hall–Kier alpha value is -4.52. The molecular weight excluding hydrogens is 424 g/mol. The van der Waals surface area contributed by atoms with Crippen LogP contribution in [0.2, 0.25) is 0 Å². The van der Waals surface area contributed by atoms with Crippen molar-refractivity contribution in [1.29, 1.82) is 0 Å². The number of hydrogen-bond acceptors (Lipinski definition) is 7. The molecule has 0 saturated carbocycles. The van der Waals surface area contributed by atoms with Crippen LogP contribution in [0.4, 0.5) is 0 Å². The van der Waals surface area contributed by atoms with Crippen molar-refractivity contribution in [3.05, 3.63) is 89.4 Å². The molecule has 7 nitrogen and oxygen atoms in total. The van der Waals surface area contributed by atoms with Crippen LogP contribution in [-0.2, 0) is 0 Å². The highest BCUT2D eigenvalue weighted by molar-refractivity contribution is 6.14. The van der Waals surface area contributed by atoms with Crippen molar-refractivity contribution in [2.24, 2.45) is 0 Å². The maximum absolute atomic E-state index is 12.8. The number of hydrogen-bond donors (Lipinski definition) is 0. The molecule has 3 aromatic carbocycles. The first kappa shape index (κ1) is 20.4. The van der Waals surface area contributed by atoms with Gasteiger partial charge in [0.1, 0.15) is 17.1 Å². The zero-order chi connectivity index (χ0) is 22.9. The Balaban J connectivity index is 1.39. The number of fused-ring (bicyclic) bond motifs is 2. The van der Waals surface area contributed by atoms with Crippen LogP contribution < -0.4 is 18.9 Å². The molecule has 0 saturated heterocycles. The van der Waals surface area contributed by atoms with Crippen LogP contribution >= 0.6 is 0 Å². The van der Waals surface area contributed by atoms with E-state index < -0.39 is 5.97 Å². The lowest BCUT2D eigenvalue weighted by atomic mass is 10.1. The first-order chi connectivity index (χ1) is 16.1. The Morgan fingerprint density at radius 1 is 0.939 bits per heavy atom. The Kier molecular flexibility index (Phi) is 5.06. The fourth-order valence-corrected chi connectivity index (χ4v) is 3.64. The number of allylic oxidation sites excluding steroid dienone is 1. The van der Waals surface area contributed by atoms with Crippen LogP contribution in [-0.4, -0.2) is 26.0 Å². The standard InChI is InChI=1S/C26H18O7/c1-29-20-9-5-7-16(25(20)30-2)13-22-24(27)18-11-10-17(14-21(18)33-22)31-26(28)23-12-15-6-3-4-8-19(15)32-23/h3-14H,1-2H3/b22-13-. The maximum Gasteiger partial charge on any atom is 0.379 e. The number of rotatable bonds is 5. The number of carbonyl (C=O) groups is 2. The monoisotopic (exact) mass is 442 g/mol. The number of carbonyl (C=O) groups excluding carboxylic acids is 2. The van der Waals surface area contributed by atoms with E-state index in [0.29, 0.717) is 34.0 Å². The van der Waals surface area contributed by atoms with Gasteiger partial charge >= 0.3 is 5.97 Å². The zero-order valence-corrected chi connectivity index (χ0v) is 17.8. The van der Waals surface area contributed by atoms with E-state index in [4.69, 9.17) is 23.4 Å². The van der Waals surface area contributed by atoms with Gasteiger partial charge in [0.05, 0.1) is 19.8 Å². The molecule has 0 amide bonds. The molecule has 7 heteroatoms. The van der Waals surface area contributed by atoms with Crippen molar-refractivity contribution >= 4 is 28.8 Å². The van der Waals surface area contributed by atoms with Gasteiger partial charge < -0.3 is 23.4 Å². The highest BCUT2D eigenvalue weighted by Gasteiger charge is 2.29. The number of Topliss-reactive ketones (excluding diaryl/α,β-unsaturated/α-hetero) is 1. The summed E-state index contributed by atoms with van der Waals surface area (Å²) in [7, 11) is 3.06. The highest BCUT2D eigenvalue weighted by Crippen LogP contribution is 2.37. The summed E-state index contributed by atoms with van der Waals surface area (Å²) in [5.41, 5.74) is 1.59. The molecule has 1 aliphatic heterocycles. The van der Waals surface area contributed by atoms with Gasteiger partial charge in [-0.2, -0.15) is 0 Å². The third kappa shape index (κ3) is 3.70. The summed E-state index contributed by atoms with van der Waals surface area (Å²) < 4.78 is 27.5. The molecule has 0 radical (unpaired) electrons. The van der Waals surface area contributed by atoms with Crippen LogP contribution in [0, 0.1) is 0 Å². The Bertz CT molecular complexity index is 1390. The summed E-state index contributed by atoms with van der Waals surface area (Å²) in [6.07, 6.45) is 1.59. The summed E-state index contributed by atoms with van der Waals surface area (Å²) in [4.78, 5) is 25.3. The van der Waals surface area contributed by atoms with Crippen molar-refractivity contribution in [1.82, 2.24) is 0 Å². The van der Waals surface area contributed by atoms with Gasteiger partial charge in [-0.15, -0.1) is 0 Å². The molecule has 0 unspecified atom stereocenters. The van der Waals surface area contributed by atoms with Gasteiger partial charge in [0.25, 0.3) is 0 Å². The molecule has 0 aliphatic carbocycles. The average molecular weight is 442 g/mol. The van der Waals surface area contributed by atoms with Crippen molar-refractivity contribution in [2.45, 2.75) is 0 Å². The molecule has 0 atom stereocenters. The lowest BCUT2D eigenvalue weighted by Gasteiger charge is -2.10. The van der Waals surface area contributed by atoms with Crippen LogP contribution in [0.3, 0.4) is 0 Å². The molecule has 0 bridgehead atoms. The number of esters is 1. The number of furan rings is 1. The first-order valence-electron chi connectivity index (χ1n) is 10.1. The molecule has 0 spiro atoms. The van der Waals surface area contributed by atoms with E-state index in [1.54, 1.807) is 42.5 Å². The summed E-state index contributed by atoms with van der Waals surface area (Å²) in [6.45, 7) is 0. The Morgan fingerprint density at radius 3 is 2.58 bits per heavy atom. The Morgan fingerprint density at radius 2 is 1.79 bits per heavy atom. The van der Waals surface area contributed by atoms with Gasteiger partial charge in [-0.05, 0) is 36.4 Å². The van der Waals surface area contributed by atoms with E-state index in [1.807, 2.05) is 18.2 Å². The van der Waals surface area contributed by atoms with Crippen molar-refractivity contribution < 1.29 is 33.0 Å². The molecule has 1 aromatic heterocycles. The van der Waals surface area contributed by atoms with E-state index in [-0.39, 0.29) is 23.1 Å². The topological polar surface area (TPSA) is 84.2 Å². The molecule has 1 aliphatic rings. The summed E-state index contributed by atoms with van der Waals surface area (Å²) in [5, 5.41) is 0.801. The van der Waals surface area contributed by atoms with E-state index in [9.17, 15) is 9.59 Å². The summed E-state index contributed by atoms with van der Waals surface area (Å²) >= 11 is 0. The molecule has 0 N–H and O–H groups in total. The lowest BCUT2D eigenvalue weighted by molar-refractivity contribution is 0.0703. The van der Waals surface area contributed by atoms with Crippen LogP contribution in [0.1, 0.15) is 26.5 Å². The largest absolute Gasteiger partial charge is 0.493 e. The molecule has 2 heterocycles. The fraction of sp³-hybridized carbons (Fsp3) is 0.0769. The van der Waals surface area contributed by atoms with E-state index in [2.05, 4.69) is 0 Å². The summed E-state index contributed by atoms with van der Waals surface area (Å²) in [6, 6.07) is 18.8. The number of benzene rings is 3. The molecular formula is C26H18O7. The van der Waals surface area contributed by atoms with Gasteiger partial charge in [0, 0.05) is 17.0 Å². The van der Waals surface area contributed by atoms with Gasteiger partial charge in [-0.25, -0.2) is 4.79 Å². The minimum absolute atomic E-state index is 0.0828. The Labute approximate surface area is 188 Å². The molecule has 4 aromatic rings. The third-order valence-corrected chi connectivity index (χ3v) is 5.20. The van der Waals surface area contributed by atoms with Gasteiger partial charge in [0.15, 0.2) is 17.3 Å². The lowest BCUT2D eigenvalue weighted by Crippen LogP contribution is -2.07. The smallest absolute Gasteiger partial charge is 0.379 e. The second-order valence-electron chi connectivity index (χ2n) is 7.22. The van der Waals surface area contributed by atoms with Gasteiger partial charge in [0.2, 0.25) is 11.5 Å². The fourth-order valence-electron chi connectivity index (χ4n) is 3.64. The van der Waals surface area contributed by atoms with Crippen molar-refractivity contribution in [2.75, 3.05) is 14.2 Å². The van der Waals surface area contributed by atoms with Crippen molar-refractivity contribution in [3.8, 4) is 23.0 Å². The predicted octanol–water partition coefficient (Wildman–Crippen LogP) is 5.29. The van der Waals surface area contributed by atoms with Crippen LogP contribution in [0.15, 0.2) is 76.9 Å². The number of ether oxygens (including phenoxy) is 4.